The molecule has 174 valence electrons. The number of rotatable bonds is 8. The monoisotopic (exact) mass is 443 g/mol. The van der Waals surface area contributed by atoms with Gasteiger partial charge in [0, 0.05) is 38.8 Å². The molecule has 0 saturated carbocycles. The second-order valence-corrected chi connectivity index (χ2v) is 7.82. The van der Waals surface area contributed by atoms with Crippen molar-refractivity contribution in [2.75, 3.05) is 59.2 Å². The van der Waals surface area contributed by atoms with Crippen molar-refractivity contribution < 1.29 is 27.4 Å². The van der Waals surface area contributed by atoms with Gasteiger partial charge in [-0.1, -0.05) is 12.1 Å². The van der Waals surface area contributed by atoms with E-state index in [1.54, 1.807) is 6.07 Å². The predicted molar refractivity (Wildman–Crippen MR) is 112 cm³/mol. The van der Waals surface area contributed by atoms with E-state index in [4.69, 9.17) is 14.2 Å². The van der Waals surface area contributed by atoms with E-state index >= 15 is 0 Å². The number of halogens is 3. The molecule has 6 nitrogen and oxygen atoms in total. The fourth-order valence-corrected chi connectivity index (χ4v) is 3.70. The Hall–Kier alpha value is -1.84. The van der Waals surface area contributed by atoms with Gasteiger partial charge in [-0.05, 0) is 37.5 Å². The molecule has 0 bridgehead atoms. The number of morpholine rings is 1. The second kappa shape index (κ2) is 11.7. The average molecular weight is 444 g/mol. The van der Waals surface area contributed by atoms with E-state index in [2.05, 4.69) is 15.2 Å². The number of ether oxygens (including phenoxy) is 3. The lowest BCUT2D eigenvalue weighted by atomic mass is 10.0. The van der Waals surface area contributed by atoms with Gasteiger partial charge in [0.1, 0.15) is 6.10 Å². The Kier molecular flexibility index (Phi) is 8.98. The van der Waals surface area contributed by atoms with Gasteiger partial charge in [0.15, 0.2) is 5.96 Å². The lowest BCUT2D eigenvalue weighted by molar-refractivity contribution is -0.137. The molecule has 2 aliphatic heterocycles. The van der Waals surface area contributed by atoms with Crippen LogP contribution in [0.1, 0.15) is 37.0 Å². The van der Waals surface area contributed by atoms with Crippen LogP contribution in [0.25, 0.3) is 0 Å². The molecule has 0 aromatic heterocycles. The number of aliphatic imine (C=N–C) groups is 1. The standard InChI is InChI=1S/C22H32F3N3O3/c1-2-26-21(27-8-4-10-29-15-17-7-11-30-16-17)28-9-12-31-20(14-28)18-5-3-6-19(13-18)22(23,24)25/h3,5-6,13,17,20H,2,4,7-12,14-16H2,1H3,(H,26,27). The Labute approximate surface area is 181 Å². The first-order valence-corrected chi connectivity index (χ1v) is 10.9. The van der Waals surface area contributed by atoms with Crippen molar-refractivity contribution in [1.82, 2.24) is 10.2 Å². The first-order valence-electron chi connectivity index (χ1n) is 10.9. The van der Waals surface area contributed by atoms with E-state index in [1.165, 1.54) is 12.1 Å². The molecule has 0 radical (unpaired) electrons. The normalized spacial score (nSPS) is 22.7. The van der Waals surface area contributed by atoms with Crippen LogP contribution in [-0.2, 0) is 20.4 Å². The van der Waals surface area contributed by atoms with Crippen LogP contribution in [0.2, 0.25) is 0 Å². The molecule has 31 heavy (non-hydrogen) atoms. The van der Waals surface area contributed by atoms with Gasteiger partial charge in [-0.15, -0.1) is 0 Å². The number of guanidine groups is 1. The van der Waals surface area contributed by atoms with Crippen LogP contribution >= 0.6 is 0 Å². The quantitative estimate of drug-likeness (QED) is 0.379. The van der Waals surface area contributed by atoms with Gasteiger partial charge in [-0.3, -0.25) is 4.99 Å². The molecular weight excluding hydrogens is 411 g/mol. The fraction of sp³-hybridized carbons (Fsp3) is 0.682. The number of benzene rings is 1. The Balaban J connectivity index is 1.52. The van der Waals surface area contributed by atoms with E-state index in [-0.39, 0.29) is 0 Å². The summed E-state index contributed by atoms with van der Waals surface area (Å²) in [6.45, 7) is 7.83. The summed E-state index contributed by atoms with van der Waals surface area (Å²) in [5.74, 6) is 1.26. The van der Waals surface area contributed by atoms with E-state index in [0.29, 0.717) is 50.9 Å². The van der Waals surface area contributed by atoms with E-state index in [9.17, 15) is 13.2 Å². The molecule has 0 aliphatic carbocycles. The smallest absolute Gasteiger partial charge is 0.381 e. The maximum atomic E-state index is 13.1. The highest BCUT2D eigenvalue weighted by molar-refractivity contribution is 5.80. The van der Waals surface area contributed by atoms with Gasteiger partial charge in [0.2, 0.25) is 0 Å². The summed E-state index contributed by atoms with van der Waals surface area (Å²) in [5, 5.41) is 3.28. The van der Waals surface area contributed by atoms with Crippen molar-refractivity contribution in [2.45, 2.75) is 32.0 Å². The van der Waals surface area contributed by atoms with Crippen molar-refractivity contribution in [2.24, 2.45) is 10.9 Å². The third kappa shape index (κ3) is 7.36. The summed E-state index contributed by atoms with van der Waals surface area (Å²) < 4.78 is 56.0. The molecule has 1 aromatic rings. The maximum absolute atomic E-state index is 13.1. The third-order valence-corrected chi connectivity index (χ3v) is 5.37. The van der Waals surface area contributed by atoms with Crippen LogP contribution < -0.4 is 5.32 Å². The van der Waals surface area contributed by atoms with Crippen LogP contribution in [0.5, 0.6) is 0 Å². The minimum atomic E-state index is -4.37. The summed E-state index contributed by atoms with van der Waals surface area (Å²) in [4.78, 5) is 6.73. The van der Waals surface area contributed by atoms with Crippen LogP contribution in [-0.4, -0.2) is 70.1 Å². The Bertz CT molecular complexity index is 709. The average Bonchev–Trinajstić information content (AvgIpc) is 3.28. The number of nitrogens with one attached hydrogen (secondary N) is 1. The number of hydrogen-bond acceptors (Lipinski definition) is 4. The van der Waals surface area contributed by atoms with Crippen LogP contribution in [0.4, 0.5) is 13.2 Å². The molecular formula is C22H32F3N3O3. The Morgan fingerprint density at radius 1 is 1.32 bits per heavy atom. The van der Waals surface area contributed by atoms with E-state index < -0.39 is 17.8 Å². The topological polar surface area (TPSA) is 55.3 Å². The summed E-state index contributed by atoms with van der Waals surface area (Å²) in [7, 11) is 0. The molecule has 2 atom stereocenters. The number of alkyl halides is 3. The Morgan fingerprint density at radius 3 is 2.94 bits per heavy atom. The molecule has 3 rings (SSSR count). The molecule has 2 heterocycles. The predicted octanol–water partition coefficient (Wildman–Crippen LogP) is 3.49. The van der Waals surface area contributed by atoms with Crippen molar-refractivity contribution in [1.29, 1.82) is 0 Å². The maximum Gasteiger partial charge on any atom is 0.416 e. The van der Waals surface area contributed by atoms with E-state index in [0.717, 1.165) is 44.7 Å². The molecule has 0 spiro atoms. The molecule has 9 heteroatoms. The van der Waals surface area contributed by atoms with Gasteiger partial charge in [-0.2, -0.15) is 13.2 Å². The highest BCUT2D eigenvalue weighted by atomic mass is 19.4. The van der Waals surface area contributed by atoms with Gasteiger partial charge < -0.3 is 24.4 Å². The lowest BCUT2D eigenvalue weighted by Crippen LogP contribution is -2.48. The van der Waals surface area contributed by atoms with Gasteiger partial charge in [0.05, 0.1) is 31.9 Å². The van der Waals surface area contributed by atoms with Gasteiger partial charge in [-0.25, -0.2) is 0 Å². The number of hydrogen-bond donors (Lipinski definition) is 1. The molecule has 1 N–H and O–H groups in total. The first-order chi connectivity index (χ1) is 15.0. The largest absolute Gasteiger partial charge is 0.416 e. The van der Waals surface area contributed by atoms with E-state index in [1.807, 2.05) is 6.92 Å². The summed E-state index contributed by atoms with van der Waals surface area (Å²) in [6.07, 6.45) is -2.93. The molecule has 2 unspecified atom stereocenters. The zero-order valence-electron chi connectivity index (χ0n) is 18.0. The third-order valence-electron chi connectivity index (χ3n) is 5.37. The summed E-state index contributed by atoms with van der Waals surface area (Å²) >= 11 is 0. The van der Waals surface area contributed by atoms with Gasteiger partial charge in [0.25, 0.3) is 0 Å². The van der Waals surface area contributed by atoms with Crippen molar-refractivity contribution in [3.8, 4) is 0 Å². The lowest BCUT2D eigenvalue weighted by Gasteiger charge is -2.35. The second-order valence-electron chi connectivity index (χ2n) is 7.82. The zero-order valence-corrected chi connectivity index (χ0v) is 18.0. The fourth-order valence-electron chi connectivity index (χ4n) is 3.70. The van der Waals surface area contributed by atoms with Gasteiger partial charge >= 0.3 is 6.18 Å². The van der Waals surface area contributed by atoms with Crippen LogP contribution in [0.15, 0.2) is 29.3 Å². The minimum Gasteiger partial charge on any atom is -0.381 e. The first kappa shape index (κ1) is 23.8. The zero-order chi connectivity index (χ0) is 22.1. The SMILES string of the molecule is CCNC(=NCCCOCC1CCOC1)N1CCOC(c2cccc(C(F)(F)F)c2)C1. The summed E-state index contributed by atoms with van der Waals surface area (Å²) in [6, 6.07) is 5.36. The number of nitrogens with zero attached hydrogens (tertiary/aromatic N) is 2. The minimum absolute atomic E-state index is 0.428. The van der Waals surface area contributed by atoms with Crippen molar-refractivity contribution in [3.05, 3.63) is 35.4 Å². The molecule has 2 aliphatic rings. The summed E-state index contributed by atoms with van der Waals surface area (Å²) in [5.41, 5.74) is -0.130. The molecule has 2 fully saturated rings. The molecule has 0 amide bonds. The highest BCUT2D eigenvalue weighted by Crippen LogP contribution is 2.32. The molecule has 2 saturated heterocycles. The van der Waals surface area contributed by atoms with Crippen LogP contribution in [0, 0.1) is 5.92 Å². The Morgan fingerprint density at radius 2 is 2.19 bits per heavy atom. The van der Waals surface area contributed by atoms with Crippen LogP contribution in [0.3, 0.4) is 0 Å². The van der Waals surface area contributed by atoms with Crippen molar-refractivity contribution >= 4 is 5.96 Å². The highest BCUT2D eigenvalue weighted by Gasteiger charge is 2.32. The molecule has 1 aromatic carbocycles. The van der Waals surface area contributed by atoms with Crippen molar-refractivity contribution in [3.63, 3.8) is 0 Å².